The molecule has 1 saturated carbocycles. The minimum atomic E-state index is -0.454. The van der Waals surface area contributed by atoms with E-state index >= 15 is 0 Å². The smallest absolute Gasteiger partial charge is 0.0774 e. The second-order valence-corrected chi connectivity index (χ2v) is 6.05. The molecule has 1 saturated heterocycles. The van der Waals surface area contributed by atoms with Crippen molar-refractivity contribution in [1.29, 1.82) is 0 Å². The lowest BCUT2D eigenvalue weighted by Crippen LogP contribution is -2.47. The molecule has 0 aromatic heterocycles. The molecule has 0 bridgehead atoms. The van der Waals surface area contributed by atoms with Crippen molar-refractivity contribution in [2.45, 2.75) is 63.5 Å². The minimum absolute atomic E-state index is 0.454. The molecule has 0 aromatic carbocycles. The van der Waals surface area contributed by atoms with E-state index in [1.807, 2.05) is 0 Å². The van der Waals surface area contributed by atoms with Crippen molar-refractivity contribution < 1.29 is 9.84 Å². The van der Waals surface area contributed by atoms with Gasteiger partial charge in [0.15, 0.2) is 0 Å². The number of ether oxygens (including phenoxy) is 1. The fourth-order valence-corrected chi connectivity index (χ4v) is 3.24. The third kappa shape index (κ3) is 4.23. The molecule has 3 atom stereocenters. The highest BCUT2D eigenvalue weighted by atomic mass is 16.5. The van der Waals surface area contributed by atoms with Gasteiger partial charge in [-0.2, -0.15) is 0 Å². The monoisotopic (exact) mass is 241 g/mol. The van der Waals surface area contributed by atoms with E-state index in [1.165, 1.54) is 19.3 Å². The van der Waals surface area contributed by atoms with Gasteiger partial charge in [0.05, 0.1) is 5.60 Å². The summed E-state index contributed by atoms with van der Waals surface area (Å²) in [5.41, 5.74) is -0.454. The van der Waals surface area contributed by atoms with Gasteiger partial charge in [0.25, 0.3) is 0 Å². The highest BCUT2D eigenvalue weighted by Crippen LogP contribution is 2.31. The van der Waals surface area contributed by atoms with Gasteiger partial charge in [-0.05, 0) is 38.0 Å². The van der Waals surface area contributed by atoms with Crippen LogP contribution in [0.2, 0.25) is 0 Å². The molecular formula is C14H27NO2. The van der Waals surface area contributed by atoms with Crippen LogP contribution in [0, 0.1) is 5.92 Å². The summed E-state index contributed by atoms with van der Waals surface area (Å²) in [4.78, 5) is 0. The van der Waals surface area contributed by atoms with Crippen LogP contribution in [0.15, 0.2) is 0 Å². The van der Waals surface area contributed by atoms with Crippen molar-refractivity contribution in [1.82, 2.24) is 5.32 Å². The first kappa shape index (κ1) is 13.3. The van der Waals surface area contributed by atoms with Gasteiger partial charge < -0.3 is 15.2 Å². The Kier molecular flexibility index (Phi) is 4.83. The summed E-state index contributed by atoms with van der Waals surface area (Å²) in [6, 6.07) is 0.541. The van der Waals surface area contributed by atoms with E-state index in [-0.39, 0.29) is 0 Å². The van der Waals surface area contributed by atoms with Crippen LogP contribution in [0.3, 0.4) is 0 Å². The highest BCUT2D eigenvalue weighted by Gasteiger charge is 2.32. The average molecular weight is 241 g/mol. The zero-order chi connectivity index (χ0) is 12.1. The lowest BCUT2D eigenvalue weighted by atomic mass is 9.79. The summed E-state index contributed by atoms with van der Waals surface area (Å²) in [6.07, 6.45) is 7.80. The molecule has 2 fully saturated rings. The summed E-state index contributed by atoms with van der Waals surface area (Å²) in [6.45, 7) is 4.79. The largest absolute Gasteiger partial charge is 0.389 e. The van der Waals surface area contributed by atoms with Crippen LogP contribution < -0.4 is 5.32 Å². The molecule has 1 heterocycles. The normalized spacial score (nSPS) is 39.9. The molecule has 1 aliphatic heterocycles. The van der Waals surface area contributed by atoms with Gasteiger partial charge in [0.1, 0.15) is 0 Å². The Morgan fingerprint density at radius 2 is 2.12 bits per heavy atom. The van der Waals surface area contributed by atoms with E-state index in [9.17, 15) is 5.11 Å². The Balaban J connectivity index is 1.75. The maximum Gasteiger partial charge on any atom is 0.0774 e. The molecule has 100 valence electrons. The predicted octanol–water partition coefficient (Wildman–Crippen LogP) is 2.09. The van der Waals surface area contributed by atoms with E-state index in [1.54, 1.807) is 0 Å². The van der Waals surface area contributed by atoms with E-state index < -0.39 is 5.60 Å². The van der Waals surface area contributed by atoms with Gasteiger partial charge in [0, 0.05) is 25.8 Å². The third-order valence-corrected chi connectivity index (χ3v) is 4.24. The molecule has 0 amide bonds. The molecule has 3 nitrogen and oxygen atoms in total. The maximum atomic E-state index is 10.5. The summed E-state index contributed by atoms with van der Waals surface area (Å²) >= 11 is 0. The number of aliphatic hydroxyl groups is 1. The van der Waals surface area contributed by atoms with Crippen LogP contribution in [0.25, 0.3) is 0 Å². The van der Waals surface area contributed by atoms with Crippen molar-refractivity contribution in [2.75, 3.05) is 19.8 Å². The lowest BCUT2D eigenvalue weighted by molar-refractivity contribution is -0.0141. The second kappa shape index (κ2) is 6.17. The predicted molar refractivity (Wildman–Crippen MR) is 69.0 cm³/mol. The van der Waals surface area contributed by atoms with Crippen LogP contribution >= 0.6 is 0 Å². The highest BCUT2D eigenvalue weighted by molar-refractivity contribution is 4.88. The SMILES string of the molecule is CC1CCCC(O)(CNC2CCCOCC2)C1. The van der Waals surface area contributed by atoms with Crippen molar-refractivity contribution in [3.05, 3.63) is 0 Å². The van der Waals surface area contributed by atoms with Crippen molar-refractivity contribution in [3.8, 4) is 0 Å². The quantitative estimate of drug-likeness (QED) is 0.795. The van der Waals surface area contributed by atoms with Crippen LogP contribution in [0.5, 0.6) is 0 Å². The lowest BCUT2D eigenvalue weighted by Gasteiger charge is -2.36. The van der Waals surface area contributed by atoms with Gasteiger partial charge in [0.2, 0.25) is 0 Å². The molecule has 0 radical (unpaired) electrons. The summed E-state index contributed by atoms with van der Waals surface area (Å²) in [5, 5.41) is 14.1. The number of nitrogens with one attached hydrogen (secondary N) is 1. The first-order chi connectivity index (χ1) is 8.18. The molecule has 2 aliphatic rings. The van der Waals surface area contributed by atoms with Crippen LogP contribution in [-0.4, -0.2) is 36.5 Å². The molecule has 17 heavy (non-hydrogen) atoms. The van der Waals surface area contributed by atoms with Gasteiger partial charge in [-0.25, -0.2) is 0 Å². The molecule has 0 aromatic rings. The summed E-state index contributed by atoms with van der Waals surface area (Å²) < 4.78 is 5.46. The van der Waals surface area contributed by atoms with Gasteiger partial charge >= 0.3 is 0 Å². The summed E-state index contributed by atoms with van der Waals surface area (Å²) in [7, 11) is 0. The minimum Gasteiger partial charge on any atom is -0.389 e. The fraction of sp³-hybridized carbons (Fsp3) is 1.00. The first-order valence-electron chi connectivity index (χ1n) is 7.21. The Hall–Kier alpha value is -0.120. The van der Waals surface area contributed by atoms with Crippen molar-refractivity contribution in [3.63, 3.8) is 0 Å². The molecule has 0 spiro atoms. The molecule has 1 aliphatic carbocycles. The third-order valence-electron chi connectivity index (χ3n) is 4.24. The van der Waals surface area contributed by atoms with Gasteiger partial charge in [-0.3, -0.25) is 0 Å². The Morgan fingerprint density at radius 1 is 1.24 bits per heavy atom. The Morgan fingerprint density at radius 3 is 2.94 bits per heavy atom. The van der Waals surface area contributed by atoms with Crippen LogP contribution in [0.1, 0.15) is 51.9 Å². The number of hydrogen-bond acceptors (Lipinski definition) is 3. The van der Waals surface area contributed by atoms with Gasteiger partial charge in [-0.15, -0.1) is 0 Å². The topological polar surface area (TPSA) is 41.5 Å². The van der Waals surface area contributed by atoms with E-state index in [0.29, 0.717) is 12.0 Å². The first-order valence-corrected chi connectivity index (χ1v) is 7.21. The van der Waals surface area contributed by atoms with E-state index in [2.05, 4.69) is 12.2 Å². The standard InChI is InChI=1S/C14H27NO2/c1-12-4-2-7-14(16,10-12)11-15-13-5-3-8-17-9-6-13/h12-13,15-16H,2-11H2,1H3. The Bertz CT molecular complexity index is 226. The zero-order valence-electron chi connectivity index (χ0n) is 11.1. The number of rotatable bonds is 3. The average Bonchev–Trinajstić information content (AvgIpc) is 2.54. The molecule has 3 unspecified atom stereocenters. The molecule has 2 N–H and O–H groups in total. The number of hydrogen-bond donors (Lipinski definition) is 2. The fourth-order valence-electron chi connectivity index (χ4n) is 3.24. The van der Waals surface area contributed by atoms with Crippen LogP contribution in [-0.2, 0) is 4.74 Å². The van der Waals surface area contributed by atoms with E-state index in [0.717, 1.165) is 45.4 Å². The van der Waals surface area contributed by atoms with Crippen molar-refractivity contribution >= 4 is 0 Å². The Labute approximate surface area is 105 Å². The van der Waals surface area contributed by atoms with Gasteiger partial charge in [-0.1, -0.05) is 19.8 Å². The molecular weight excluding hydrogens is 214 g/mol. The summed E-state index contributed by atoms with van der Waals surface area (Å²) in [5.74, 6) is 0.674. The van der Waals surface area contributed by atoms with Crippen molar-refractivity contribution in [2.24, 2.45) is 5.92 Å². The van der Waals surface area contributed by atoms with E-state index in [4.69, 9.17) is 4.74 Å². The second-order valence-electron chi connectivity index (χ2n) is 6.05. The molecule has 3 heteroatoms. The molecule has 2 rings (SSSR count). The van der Waals surface area contributed by atoms with Crippen LogP contribution in [0.4, 0.5) is 0 Å². The zero-order valence-corrected chi connectivity index (χ0v) is 11.1. The maximum absolute atomic E-state index is 10.5.